The molecular formula is C20H24O2. The zero-order chi connectivity index (χ0) is 15.9. The average molecular weight is 296 g/mol. The van der Waals surface area contributed by atoms with Gasteiger partial charge in [-0.05, 0) is 43.7 Å². The van der Waals surface area contributed by atoms with Crippen LogP contribution in [0.15, 0.2) is 48.1 Å². The largest absolute Gasteiger partial charge is 0.300 e. The maximum Gasteiger partial charge on any atom is 0.137 e. The summed E-state index contributed by atoms with van der Waals surface area (Å²) in [7, 11) is 0. The molecule has 0 atom stereocenters. The normalized spacial score (nSPS) is 15.0. The first-order valence-corrected chi connectivity index (χ1v) is 8.00. The predicted molar refractivity (Wildman–Crippen MR) is 90.5 cm³/mol. The lowest BCUT2D eigenvalue weighted by Crippen LogP contribution is -2.09. The molecule has 0 unspecified atom stereocenters. The van der Waals surface area contributed by atoms with E-state index in [4.69, 9.17) is 0 Å². The molecule has 0 N–H and O–H groups in total. The molecule has 0 radical (unpaired) electrons. The fraction of sp³-hybridized carbons (Fsp3) is 0.400. The Hall–Kier alpha value is -1.96. The molecule has 2 rings (SSSR count). The van der Waals surface area contributed by atoms with Gasteiger partial charge in [-0.3, -0.25) is 4.79 Å². The summed E-state index contributed by atoms with van der Waals surface area (Å²) in [6, 6.07) is 10.2. The van der Waals surface area contributed by atoms with E-state index in [1.54, 1.807) is 6.92 Å². The van der Waals surface area contributed by atoms with Crippen molar-refractivity contribution in [1.29, 1.82) is 0 Å². The van der Waals surface area contributed by atoms with Crippen molar-refractivity contribution in [2.75, 3.05) is 0 Å². The number of hydrogen-bond acceptors (Lipinski definition) is 2. The zero-order valence-electron chi connectivity index (χ0n) is 13.4. The monoisotopic (exact) mass is 296 g/mol. The molecule has 0 fully saturated rings. The SMILES string of the molecule is C=C(CCC(C)=O)CCC1=C(c2ccccc2)CC(=O)CC1. The lowest BCUT2D eigenvalue weighted by atomic mass is 9.84. The summed E-state index contributed by atoms with van der Waals surface area (Å²) in [4.78, 5) is 22.9. The first-order valence-electron chi connectivity index (χ1n) is 8.00. The van der Waals surface area contributed by atoms with Gasteiger partial charge in [0.25, 0.3) is 0 Å². The molecule has 0 bridgehead atoms. The van der Waals surface area contributed by atoms with Gasteiger partial charge in [0.2, 0.25) is 0 Å². The van der Waals surface area contributed by atoms with E-state index < -0.39 is 0 Å². The summed E-state index contributed by atoms with van der Waals surface area (Å²) >= 11 is 0. The van der Waals surface area contributed by atoms with E-state index in [9.17, 15) is 9.59 Å². The first-order chi connectivity index (χ1) is 10.6. The second-order valence-corrected chi connectivity index (χ2v) is 6.12. The lowest BCUT2D eigenvalue weighted by molar-refractivity contribution is -0.118. The molecule has 22 heavy (non-hydrogen) atoms. The van der Waals surface area contributed by atoms with Gasteiger partial charge in [0.1, 0.15) is 11.6 Å². The molecule has 0 aliphatic heterocycles. The molecule has 1 aromatic carbocycles. The van der Waals surface area contributed by atoms with Gasteiger partial charge in [-0.15, -0.1) is 0 Å². The minimum absolute atomic E-state index is 0.216. The van der Waals surface area contributed by atoms with Crippen molar-refractivity contribution in [2.45, 2.75) is 51.9 Å². The Balaban J connectivity index is 2.06. The molecule has 0 aromatic heterocycles. The second-order valence-electron chi connectivity index (χ2n) is 6.12. The molecule has 1 aliphatic carbocycles. The van der Waals surface area contributed by atoms with Crippen molar-refractivity contribution in [2.24, 2.45) is 0 Å². The van der Waals surface area contributed by atoms with Crippen molar-refractivity contribution in [1.82, 2.24) is 0 Å². The lowest BCUT2D eigenvalue weighted by Gasteiger charge is -2.20. The number of ketones is 2. The topological polar surface area (TPSA) is 34.1 Å². The second kappa shape index (κ2) is 7.88. The molecule has 116 valence electrons. The van der Waals surface area contributed by atoms with Gasteiger partial charge in [0.15, 0.2) is 0 Å². The van der Waals surface area contributed by atoms with E-state index in [-0.39, 0.29) is 5.78 Å². The highest BCUT2D eigenvalue weighted by atomic mass is 16.1. The van der Waals surface area contributed by atoms with Gasteiger partial charge >= 0.3 is 0 Å². The summed E-state index contributed by atoms with van der Waals surface area (Å²) in [5, 5.41) is 0. The first kappa shape index (κ1) is 16.4. The molecular weight excluding hydrogens is 272 g/mol. The standard InChI is InChI=1S/C20H24O2/c1-15(8-10-16(2)21)9-11-18-12-13-19(22)14-20(18)17-6-4-3-5-7-17/h3-7H,1,8-14H2,2H3. The molecule has 0 heterocycles. The fourth-order valence-corrected chi connectivity index (χ4v) is 2.88. The van der Waals surface area contributed by atoms with E-state index >= 15 is 0 Å². The number of hydrogen-bond donors (Lipinski definition) is 0. The zero-order valence-corrected chi connectivity index (χ0v) is 13.4. The third-order valence-electron chi connectivity index (χ3n) is 4.24. The van der Waals surface area contributed by atoms with Gasteiger partial charge < -0.3 is 4.79 Å². The minimum Gasteiger partial charge on any atom is -0.300 e. The van der Waals surface area contributed by atoms with Crippen LogP contribution in [0.5, 0.6) is 0 Å². The Kier molecular flexibility index (Phi) is 5.88. The maximum atomic E-state index is 11.8. The van der Waals surface area contributed by atoms with E-state index in [2.05, 4.69) is 18.7 Å². The van der Waals surface area contributed by atoms with Crippen molar-refractivity contribution in [3.63, 3.8) is 0 Å². The molecule has 1 aromatic rings. The molecule has 0 amide bonds. The number of allylic oxidation sites excluding steroid dienone is 3. The molecule has 0 spiro atoms. The number of carbonyl (C=O) groups excluding carboxylic acids is 2. The van der Waals surface area contributed by atoms with E-state index in [0.717, 1.165) is 31.3 Å². The molecule has 1 aliphatic rings. The predicted octanol–water partition coefficient (Wildman–Crippen LogP) is 4.90. The van der Waals surface area contributed by atoms with Crippen LogP contribution in [0.3, 0.4) is 0 Å². The quantitative estimate of drug-likeness (QED) is 0.671. The Morgan fingerprint density at radius 3 is 2.50 bits per heavy atom. The average Bonchev–Trinajstić information content (AvgIpc) is 2.52. The molecule has 2 heteroatoms. The Bertz CT molecular complexity index is 593. The third kappa shape index (κ3) is 4.80. The van der Waals surface area contributed by atoms with E-state index in [0.29, 0.717) is 25.0 Å². The van der Waals surface area contributed by atoms with Crippen LogP contribution < -0.4 is 0 Å². The van der Waals surface area contributed by atoms with Crippen LogP contribution in [0.25, 0.3) is 5.57 Å². The number of rotatable bonds is 7. The van der Waals surface area contributed by atoms with Gasteiger partial charge in [0.05, 0.1) is 0 Å². The Morgan fingerprint density at radius 1 is 1.09 bits per heavy atom. The van der Waals surface area contributed by atoms with E-state index in [1.165, 1.54) is 16.7 Å². The van der Waals surface area contributed by atoms with Crippen LogP contribution in [-0.2, 0) is 9.59 Å². The summed E-state index contributed by atoms with van der Waals surface area (Å²) in [6.07, 6.45) is 5.30. The van der Waals surface area contributed by atoms with Crippen LogP contribution in [0, 0.1) is 0 Å². The Labute approximate surface area is 132 Å². The van der Waals surface area contributed by atoms with Crippen LogP contribution in [0.2, 0.25) is 0 Å². The Morgan fingerprint density at radius 2 is 1.82 bits per heavy atom. The molecule has 0 saturated carbocycles. The van der Waals surface area contributed by atoms with Crippen molar-refractivity contribution >= 4 is 17.1 Å². The third-order valence-corrected chi connectivity index (χ3v) is 4.24. The fourth-order valence-electron chi connectivity index (χ4n) is 2.88. The van der Waals surface area contributed by atoms with Gasteiger partial charge in [-0.1, -0.05) is 48.1 Å². The highest BCUT2D eigenvalue weighted by molar-refractivity contribution is 5.93. The number of benzene rings is 1. The van der Waals surface area contributed by atoms with Crippen LogP contribution >= 0.6 is 0 Å². The number of carbonyl (C=O) groups is 2. The summed E-state index contributed by atoms with van der Waals surface area (Å²) < 4.78 is 0. The summed E-state index contributed by atoms with van der Waals surface area (Å²) in [6.45, 7) is 5.70. The van der Waals surface area contributed by atoms with Crippen LogP contribution in [0.1, 0.15) is 57.4 Å². The molecule has 0 saturated heterocycles. The van der Waals surface area contributed by atoms with Gasteiger partial charge in [-0.2, -0.15) is 0 Å². The van der Waals surface area contributed by atoms with Crippen LogP contribution in [-0.4, -0.2) is 11.6 Å². The highest BCUT2D eigenvalue weighted by Gasteiger charge is 2.19. The summed E-state index contributed by atoms with van der Waals surface area (Å²) in [5.41, 5.74) is 4.89. The highest BCUT2D eigenvalue weighted by Crippen LogP contribution is 2.33. The van der Waals surface area contributed by atoms with Gasteiger partial charge in [0, 0.05) is 19.3 Å². The van der Waals surface area contributed by atoms with Crippen molar-refractivity contribution < 1.29 is 9.59 Å². The van der Waals surface area contributed by atoms with Crippen molar-refractivity contribution in [3.05, 3.63) is 53.6 Å². The smallest absolute Gasteiger partial charge is 0.137 e. The van der Waals surface area contributed by atoms with Crippen LogP contribution in [0.4, 0.5) is 0 Å². The van der Waals surface area contributed by atoms with E-state index in [1.807, 2.05) is 18.2 Å². The summed E-state index contributed by atoms with van der Waals surface area (Å²) in [5.74, 6) is 0.548. The minimum atomic E-state index is 0.216. The molecule has 2 nitrogen and oxygen atoms in total. The van der Waals surface area contributed by atoms with Crippen molar-refractivity contribution in [3.8, 4) is 0 Å². The number of Topliss-reactive ketones (excluding diaryl/α,β-unsaturated/α-hetero) is 2. The maximum absolute atomic E-state index is 11.8. The van der Waals surface area contributed by atoms with Gasteiger partial charge in [-0.25, -0.2) is 0 Å².